The highest BCUT2D eigenvalue weighted by atomic mass is 79.9. The second-order valence-electron chi connectivity index (χ2n) is 4.05. The summed E-state index contributed by atoms with van der Waals surface area (Å²) in [5.74, 6) is 0.959. The minimum absolute atomic E-state index is 0.197. The Morgan fingerprint density at radius 1 is 1.44 bits per heavy atom. The van der Waals surface area contributed by atoms with Crippen LogP contribution in [0.1, 0.15) is 24.4 Å². The molecule has 0 aliphatic heterocycles. The number of hydrogen-bond acceptors (Lipinski definition) is 4. The van der Waals surface area contributed by atoms with Gasteiger partial charge in [0.25, 0.3) is 0 Å². The van der Waals surface area contributed by atoms with Crippen molar-refractivity contribution in [2.45, 2.75) is 19.4 Å². The number of aryl methyl sites for hydroxylation is 1. The second-order valence-corrected chi connectivity index (χ2v) is 4.97. The van der Waals surface area contributed by atoms with Crippen molar-refractivity contribution >= 4 is 15.9 Å². The normalized spacial score (nSPS) is 12.6. The van der Waals surface area contributed by atoms with E-state index in [0.29, 0.717) is 0 Å². The fraction of sp³-hybridized carbons (Fsp3) is 0.417. The zero-order valence-electron chi connectivity index (χ0n) is 10.5. The van der Waals surface area contributed by atoms with E-state index in [4.69, 9.17) is 0 Å². The molecule has 0 saturated heterocycles. The summed E-state index contributed by atoms with van der Waals surface area (Å²) in [4.78, 5) is 8.47. The molecule has 96 valence electrons. The molecule has 0 fully saturated rings. The third-order valence-corrected chi connectivity index (χ3v) is 3.20. The van der Waals surface area contributed by atoms with E-state index in [2.05, 4.69) is 49.3 Å². The van der Waals surface area contributed by atoms with Crippen molar-refractivity contribution in [2.24, 2.45) is 7.05 Å². The van der Waals surface area contributed by atoms with E-state index in [1.54, 1.807) is 17.2 Å². The summed E-state index contributed by atoms with van der Waals surface area (Å²) in [7, 11) is 1.91. The summed E-state index contributed by atoms with van der Waals surface area (Å²) in [6.45, 7) is 2.99. The molecule has 5 nitrogen and oxygen atoms in total. The van der Waals surface area contributed by atoms with Crippen LogP contribution in [-0.2, 0) is 13.5 Å². The predicted octanol–water partition coefficient (Wildman–Crippen LogP) is 1.87. The minimum atomic E-state index is 0.197. The largest absolute Gasteiger partial charge is 0.310 e. The van der Waals surface area contributed by atoms with Gasteiger partial charge >= 0.3 is 0 Å². The number of rotatable bonds is 5. The SMILES string of the molecule is CCNC(Cc1ncnn1C)c1cncc(Br)c1. The molecule has 2 aromatic heterocycles. The summed E-state index contributed by atoms with van der Waals surface area (Å²) in [5, 5.41) is 7.54. The Morgan fingerprint density at radius 3 is 2.89 bits per heavy atom. The Bertz CT molecular complexity index is 511. The van der Waals surface area contributed by atoms with Crippen molar-refractivity contribution < 1.29 is 0 Å². The zero-order chi connectivity index (χ0) is 13.0. The molecule has 2 aromatic rings. The summed E-state index contributed by atoms with van der Waals surface area (Å²) < 4.78 is 2.79. The van der Waals surface area contributed by atoms with E-state index < -0.39 is 0 Å². The predicted molar refractivity (Wildman–Crippen MR) is 73.1 cm³/mol. The zero-order valence-corrected chi connectivity index (χ0v) is 12.1. The molecule has 0 radical (unpaired) electrons. The molecule has 0 bridgehead atoms. The first-order valence-corrected chi connectivity index (χ1v) is 6.66. The molecule has 0 amide bonds. The molecule has 0 aliphatic carbocycles. The summed E-state index contributed by atoms with van der Waals surface area (Å²) in [5.41, 5.74) is 1.15. The number of pyridine rings is 1. The first kappa shape index (κ1) is 13.2. The summed E-state index contributed by atoms with van der Waals surface area (Å²) in [6.07, 6.45) is 6.04. The molecule has 18 heavy (non-hydrogen) atoms. The van der Waals surface area contributed by atoms with Gasteiger partial charge in [-0.2, -0.15) is 5.10 Å². The van der Waals surface area contributed by atoms with Gasteiger partial charge in [0.1, 0.15) is 12.2 Å². The number of aromatic nitrogens is 4. The Hall–Kier alpha value is -1.27. The molecule has 2 heterocycles. The number of likely N-dealkylation sites (N-methyl/N-ethyl adjacent to an activating group) is 1. The standard InChI is InChI=1S/C12H16BrN5/c1-3-15-11(5-12-16-8-17-18(12)2)9-4-10(13)7-14-6-9/h4,6-8,11,15H,3,5H2,1-2H3. The monoisotopic (exact) mass is 309 g/mol. The maximum atomic E-state index is 4.27. The van der Waals surface area contributed by atoms with Gasteiger partial charge in [-0.3, -0.25) is 9.67 Å². The fourth-order valence-corrected chi connectivity index (χ4v) is 2.24. The summed E-state index contributed by atoms with van der Waals surface area (Å²) in [6, 6.07) is 2.28. The van der Waals surface area contributed by atoms with Crippen LogP contribution in [-0.4, -0.2) is 26.3 Å². The van der Waals surface area contributed by atoms with Crippen molar-refractivity contribution in [3.8, 4) is 0 Å². The van der Waals surface area contributed by atoms with Crippen LogP contribution in [0.15, 0.2) is 29.3 Å². The van der Waals surface area contributed by atoms with Crippen molar-refractivity contribution in [1.82, 2.24) is 25.1 Å². The van der Waals surface area contributed by atoms with Gasteiger partial charge in [0.2, 0.25) is 0 Å². The minimum Gasteiger partial charge on any atom is -0.310 e. The van der Waals surface area contributed by atoms with E-state index >= 15 is 0 Å². The maximum absolute atomic E-state index is 4.27. The van der Waals surface area contributed by atoms with Gasteiger partial charge in [0, 0.05) is 36.4 Å². The summed E-state index contributed by atoms with van der Waals surface area (Å²) >= 11 is 3.45. The Balaban J connectivity index is 2.20. The van der Waals surface area contributed by atoms with Crippen LogP contribution in [0.4, 0.5) is 0 Å². The molecule has 1 N–H and O–H groups in total. The Labute approximate surface area is 115 Å². The molecule has 0 aromatic carbocycles. The highest BCUT2D eigenvalue weighted by Crippen LogP contribution is 2.19. The van der Waals surface area contributed by atoms with E-state index in [0.717, 1.165) is 28.8 Å². The first-order chi connectivity index (χ1) is 8.70. The van der Waals surface area contributed by atoms with E-state index in [9.17, 15) is 0 Å². The van der Waals surface area contributed by atoms with Gasteiger partial charge in [-0.15, -0.1) is 0 Å². The van der Waals surface area contributed by atoms with Crippen molar-refractivity contribution in [3.05, 3.63) is 40.6 Å². The molecule has 0 spiro atoms. The average Bonchev–Trinajstić information content (AvgIpc) is 2.74. The molecule has 1 unspecified atom stereocenters. The maximum Gasteiger partial charge on any atom is 0.138 e. The molecular weight excluding hydrogens is 294 g/mol. The lowest BCUT2D eigenvalue weighted by Gasteiger charge is -2.17. The Morgan fingerprint density at radius 2 is 2.28 bits per heavy atom. The number of nitrogens with one attached hydrogen (secondary N) is 1. The lowest BCUT2D eigenvalue weighted by molar-refractivity contribution is 0.520. The number of nitrogens with zero attached hydrogens (tertiary/aromatic N) is 4. The average molecular weight is 310 g/mol. The third-order valence-electron chi connectivity index (χ3n) is 2.77. The molecule has 0 saturated carbocycles. The molecule has 6 heteroatoms. The van der Waals surface area contributed by atoms with Crippen LogP contribution >= 0.6 is 15.9 Å². The van der Waals surface area contributed by atoms with Crippen LogP contribution < -0.4 is 5.32 Å². The van der Waals surface area contributed by atoms with Crippen molar-refractivity contribution in [3.63, 3.8) is 0 Å². The van der Waals surface area contributed by atoms with E-state index in [1.165, 1.54) is 0 Å². The molecule has 2 rings (SSSR count). The highest BCUT2D eigenvalue weighted by Gasteiger charge is 2.14. The molecular formula is C12H16BrN5. The quantitative estimate of drug-likeness (QED) is 0.916. The van der Waals surface area contributed by atoms with Crippen LogP contribution in [0.2, 0.25) is 0 Å². The van der Waals surface area contributed by atoms with E-state index in [-0.39, 0.29) is 6.04 Å². The van der Waals surface area contributed by atoms with Gasteiger partial charge in [-0.25, -0.2) is 4.98 Å². The van der Waals surface area contributed by atoms with Crippen LogP contribution in [0, 0.1) is 0 Å². The second kappa shape index (κ2) is 6.06. The van der Waals surface area contributed by atoms with E-state index in [1.807, 2.05) is 13.2 Å². The first-order valence-electron chi connectivity index (χ1n) is 5.87. The lowest BCUT2D eigenvalue weighted by atomic mass is 10.1. The van der Waals surface area contributed by atoms with Crippen LogP contribution in [0.3, 0.4) is 0 Å². The van der Waals surface area contributed by atoms with Crippen molar-refractivity contribution in [2.75, 3.05) is 6.54 Å². The molecule has 1 atom stereocenters. The molecule has 0 aliphatic rings. The van der Waals surface area contributed by atoms with Gasteiger partial charge in [-0.05, 0) is 34.1 Å². The number of halogens is 1. The fourth-order valence-electron chi connectivity index (χ4n) is 1.86. The highest BCUT2D eigenvalue weighted by molar-refractivity contribution is 9.10. The van der Waals surface area contributed by atoms with Gasteiger partial charge in [0.05, 0.1) is 0 Å². The number of hydrogen-bond donors (Lipinski definition) is 1. The smallest absolute Gasteiger partial charge is 0.138 e. The van der Waals surface area contributed by atoms with Gasteiger partial charge < -0.3 is 5.32 Å². The van der Waals surface area contributed by atoms with Crippen LogP contribution in [0.25, 0.3) is 0 Å². The third kappa shape index (κ3) is 3.14. The Kier molecular flexibility index (Phi) is 4.43. The van der Waals surface area contributed by atoms with Crippen molar-refractivity contribution in [1.29, 1.82) is 0 Å². The topological polar surface area (TPSA) is 55.6 Å². The lowest BCUT2D eigenvalue weighted by Crippen LogP contribution is -2.24. The van der Waals surface area contributed by atoms with Crippen LogP contribution in [0.5, 0.6) is 0 Å². The van der Waals surface area contributed by atoms with Gasteiger partial charge in [-0.1, -0.05) is 6.92 Å². The van der Waals surface area contributed by atoms with Gasteiger partial charge in [0.15, 0.2) is 0 Å².